The summed E-state index contributed by atoms with van der Waals surface area (Å²) >= 11 is 0. The first-order chi connectivity index (χ1) is 22.8. The van der Waals surface area contributed by atoms with Gasteiger partial charge in [-0.05, 0) is 25.7 Å². The lowest BCUT2D eigenvalue weighted by molar-refractivity contribution is -0.0636. The van der Waals surface area contributed by atoms with Crippen LogP contribution in [-0.2, 0) is 36.5 Å². The van der Waals surface area contributed by atoms with Gasteiger partial charge in [-0.1, -0.05) is 26.7 Å². The van der Waals surface area contributed by atoms with Crippen molar-refractivity contribution in [2.75, 3.05) is 26.2 Å². The summed E-state index contributed by atoms with van der Waals surface area (Å²) in [7, 11) is -57.4. The molecule has 314 valence electrons. The summed E-state index contributed by atoms with van der Waals surface area (Å²) in [6, 6.07) is 0. The third-order valence-electron chi connectivity index (χ3n) is 7.04. The van der Waals surface area contributed by atoms with Crippen LogP contribution in [0.1, 0.15) is 52.4 Å². The first-order valence-corrected chi connectivity index (χ1v) is 27.4. The van der Waals surface area contributed by atoms with Gasteiger partial charge in [-0.2, -0.15) is 0 Å². The molecule has 0 spiro atoms. The van der Waals surface area contributed by atoms with Crippen molar-refractivity contribution in [3.05, 3.63) is 0 Å². The lowest BCUT2D eigenvalue weighted by Gasteiger charge is -2.59. The van der Waals surface area contributed by atoms with Gasteiger partial charge in [-0.15, -0.1) is 0 Å². The summed E-state index contributed by atoms with van der Waals surface area (Å²) in [5.74, 6) is 0. The number of aliphatic hydroxyl groups excluding tert-OH is 1. The molecule has 0 aliphatic heterocycles. The van der Waals surface area contributed by atoms with Gasteiger partial charge in [0.2, 0.25) is 11.0 Å². The summed E-state index contributed by atoms with van der Waals surface area (Å²) in [4.78, 5) is 164. The Morgan fingerprint density at radius 2 is 0.673 bits per heavy atom. The fourth-order valence-corrected chi connectivity index (χ4v) is 19.5. The van der Waals surface area contributed by atoms with Gasteiger partial charge in [-0.3, -0.25) is 36.5 Å². The molecule has 0 aromatic carbocycles. The third-order valence-corrected chi connectivity index (χ3v) is 22.4. The molecule has 0 aromatic rings. The maximum Gasteiger partial charge on any atom is 0.373 e. The highest BCUT2D eigenvalue weighted by Gasteiger charge is 2.83. The monoisotopic (exact) mass is 927 g/mol. The quantitative estimate of drug-likeness (QED) is 0.0297. The van der Waals surface area contributed by atoms with E-state index in [1.165, 1.54) is 0 Å². The van der Waals surface area contributed by atoms with Gasteiger partial charge >= 0.3 is 60.8 Å². The average molecular weight is 927 g/mol. The fourth-order valence-electron chi connectivity index (χ4n) is 5.63. The summed E-state index contributed by atoms with van der Waals surface area (Å²) in [5, 5.41) is -1.90. The minimum atomic E-state index is -7.57. The molecular formula is C16H45N3O25P8. The van der Waals surface area contributed by atoms with Crippen LogP contribution in [0.25, 0.3) is 0 Å². The van der Waals surface area contributed by atoms with Crippen molar-refractivity contribution in [3.8, 4) is 0 Å². The Morgan fingerprint density at radius 3 is 0.865 bits per heavy atom. The maximum absolute atomic E-state index is 13.7. The first-order valence-electron chi connectivity index (χ1n) is 14.2. The number of hydrogen-bond acceptors (Lipinski definition) is 12. The van der Waals surface area contributed by atoms with Crippen LogP contribution in [0.3, 0.4) is 0 Å². The molecule has 0 amide bonds. The van der Waals surface area contributed by atoms with Gasteiger partial charge in [0.25, 0.3) is 10.3 Å². The van der Waals surface area contributed by atoms with Crippen molar-refractivity contribution in [2.45, 2.75) is 73.7 Å². The van der Waals surface area contributed by atoms with E-state index in [0.29, 0.717) is 0 Å². The molecule has 0 aliphatic rings. The van der Waals surface area contributed by atoms with Gasteiger partial charge in [-0.25, -0.2) is 14.7 Å². The number of nitrogens with zero attached hydrogens (tertiary/aromatic N) is 3. The molecule has 0 radical (unpaired) electrons. The molecule has 0 heterocycles. The van der Waals surface area contributed by atoms with Crippen LogP contribution in [0.4, 0.5) is 0 Å². The van der Waals surface area contributed by atoms with E-state index in [9.17, 15) is 115 Å². The lowest BCUT2D eigenvalue weighted by Crippen LogP contribution is -2.73. The van der Waals surface area contributed by atoms with Crippen LogP contribution < -0.4 is 0 Å². The van der Waals surface area contributed by atoms with E-state index in [1.54, 1.807) is 0 Å². The second-order valence-corrected chi connectivity index (χ2v) is 26.1. The van der Waals surface area contributed by atoms with E-state index in [-0.39, 0.29) is 12.8 Å². The van der Waals surface area contributed by atoms with Gasteiger partial charge in [0.1, 0.15) is 0 Å². The first kappa shape index (κ1) is 53.0. The van der Waals surface area contributed by atoms with E-state index >= 15 is 0 Å². The predicted octanol–water partition coefficient (Wildman–Crippen LogP) is -1.52. The minimum absolute atomic E-state index is 0.148. The largest absolute Gasteiger partial charge is 0.396 e. The normalized spacial score (nSPS) is 15.5. The van der Waals surface area contributed by atoms with Crippen LogP contribution in [0, 0.1) is 0 Å². The van der Waals surface area contributed by atoms with Gasteiger partial charge < -0.3 is 83.4 Å². The Bertz CT molecular complexity index is 1400. The molecule has 0 saturated heterocycles. The molecule has 28 nitrogen and oxygen atoms in total. The van der Waals surface area contributed by atoms with Gasteiger partial charge in [0, 0.05) is 26.2 Å². The van der Waals surface area contributed by atoms with Crippen LogP contribution in [0.5, 0.6) is 0 Å². The summed E-state index contributed by atoms with van der Waals surface area (Å²) < 4.78 is 106. The average Bonchev–Trinajstić information content (AvgIpc) is 2.82. The molecule has 0 unspecified atom stereocenters. The predicted molar refractivity (Wildman–Crippen MR) is 176 cm³/mol. The molecule has 0 atom stereocenters. The SMILES string of the molecule is CCCN(C(P(=O)(O)O)P(=O)(O)O)C(N(CCCCCCO)C(N(CCC)C(P(=O)(O)O)P(=O)(O)O)(P(=O)(O)O)P(=O)(O)O)(P(=O)(O)O)P(=O)(O)O. The molecular weight excluding hydrogens is 882 g/mol. The van der Waals surface area contributed by atoms with Crippen molar-refractivity contribution in [1.29, 1.82) is 0 Å². The highest BCUT2D eigenvalue weighted by atomic mass is 31.3. The summed E-state index contributed by atoms with van der Waals surface area (Å²) in [5.41, 5.74) is -8.30. The van der Waals surface area contributed by atoms with Crippen LogP contribution in [0.15, 0.2) is 0 Å². The number of rotatable bonds is 24. The second-order valence-electron chi connectivity index (χ2n) is 11.1. The highest BCUT2D eigenvalue weighted by molar-refractivity contribution is 7.75. The lowest BCUT2D eigenvalue weighted by atomic mass is 10.2. The van der Waals surface area contributed by atoms with Crippen LogP contribution in [-0.4, -0.2) is 146 Å². The molecule has 0 rings (SSSR count). The van der Waals surface area contributed by atoms with Crippen molar-refractivity contribution < 1.29 is 120 Å². The van der Waals surface area contributed by atoms with E-state index in [2.05, 4.69) is 0 Å². The molecule has 36 heteroatoms. The zero-order valence-electron chi connectivity index (χ0n) is 27.0. The molecule has 17 N–H and O–H groups in total. The molecule has 0 aromatic heterocycles. The molecule has 0 fully saturated rings. The second kappa shape index (κ2) is 18.3. The number of aliphatic hydroxyl groups is 1. The Morgan fingerprint density at radius 1 is 0.423 bits per heavy atom. The Balaban J connectivity index is 9.92. The Hall–Kier alpha value is 1.04. The topological polar surface area (TPSA) is 490 Å². The smallest absolute Gasteiger partial charge is 0.373 e. The standard InChI is InChI=1S/C16H45N3O25P8/c1-3-9-17(13(45(21,22)23)46(24,25)26)15(49(33,34)35,50(36,37)38)19(11-7-5-6-8-12-20)16(51(39,40)41,52(42,43)44)18(10-4-2)14(47(27,28)29)48(30,31)32/h13-14,20H,3-12H2,1-2H3,(H2,21,22,23)(H2,24,25,26)(H2,27,28,29)(H2,30,31,32)(H2,33,34,35)(H2,36,37,38)(H2,39,40,41)(H2,42,43,44). The van der Waals surface area contributed by atoms with Crippen molar-refractivity contribution in [2.24, 2.45) is 0 Å². The van der Waals surface area contributed by atoms with Crippen LogP contribution >= 0.6 is 60.8 Å². The van der Waals surface area contributed by atoms with Gasteiger partial charge in [0.15, 0.2) is 0 Å². The molecule has 0 saturated carbocycles. The summed E-state index contributed by atoms with van der Waals surface area (Å²) in [6.07, 6.45) is -3.72. The van der Waals surface area contributed by atoms with Crippen molar-refractivity contribution in [1.82, 2.24) is 14.7 Å². The van der Waals surface area contributed by atoms with E-state index in [4.69, 9.17) is 5.11 Å². The van der Waals surface area contributed by atoms with Gasteiger partial charge in [0.05, 0.1) is 0 Å². The zero-order valence-corrected chi connectivity index (χ0v) is 34.2. The van der Waals surface area contributed by atoms with Crippen molar-refractivity contribution in [3.63, 3.8) is 0 Å². The Labute approximate surface area is 295 Å². The number of hydrogen-bond donors (Lipinski definition) is 17. The van der Waals surface area contributed by atoms with Crippen LogP contribution in [0.2, 0.25) is 0 Å². The minimum Gasteiger partial charge on any atom is -0.396 e. The maximum atomic E-state index is 13.7. The zero-order chi connectivity index (χ0) is 42.0. The molecule has 52 heavy (non-hydrogen) atoms. The Kier molecular flexibility index (Phi) is 18.7. The fraction of sp³-hybridized carbons (Fsp3) is 1.00. The third kappa shape index (κ3) is 11.4. The number of unbranched alkanes of at least 4 members (excludes halogenated alkanes) is 3. The highest BCUT2D eigenvalue weighted by Crippen LogP contribution is 2.83. The van der Waals surface area contributed by atoms with E-state index < -0.39 is 149 Å². The van der Waals surface area contributed by atoms with E-state index in [1.807, 2.05) is 0 Å². The van der Waals surface area contributed by atoms with Crippen molar-refractivity contribution >= 4 is 60.8 Å². The molecule has 0 aliphatic carbocycles. The van der Waals surface area contributed by atoms with E-state index in [0.717, 1.165) is 13.8 Å². The summed E-state index contributed by atoms with van der Waals surface area (Å²) in [6.45, 7) is -4.28. The molecule has 0 bridgehead atoms.